The predicted molar refractivity (Wildman–Crippen MR) is 89.9 cm³/mol. The molecule has 0 fully saturated rings. The summed E-state index contributed by atoms with van der Waals surface area (Å²) in [4.78, 5) is 0. The number of rotatable bonds is 5. The monoisotopic (exact) mass is 299 g/mol. The highest BCUT2D eigenvalue weighted by Gasteiger charge is 2.27. The van der Waals surface area contributed by atoms with Crippen LogP contribution in [0.2, 0.25) is 0 Å². The third kappa shape index (κ3) is 2.81. The van der Waals surface area contributed by atoms with Crippen LogP contribution in [0.5, 0.6) is 0 Å². The smallest absolute Gasteiger partial charge is 0.0588 e. The van der Waals surface area contributed by atoms with Crippen molar-refractivity contribution in [1.82, 2.24) is 5.32 Å². The van der Waals surface area contributed by atoms with E-state index in [0.29, 0.717) is 0 Å². The highest BCUT2D eigenvalue weighted by atomic mass is 32.2. The third-order valence-corrected chi connectivity index (χ3v) is 5.67. The summed E-state index contributed by atoms with van der Waals surface area (Å²) in [5.41, 5.74) is 5.36. The Balaban J connectivity index is 1.81. The van der Waals surface area contributed by atoms with Crippen LogP contribution in [-0.4, -0.2) is 22.3 Å². The molecule has 1 N–H and O–H groups in total. The van der Waals surface area contributed by atoms with Gasteiger partial charge in [0.1, 0.15) is 0 Å². The van der Waals surface area contributed by atoms with Crippen LogP contribution in [0, 0.1) is 0 Å². The quantitative estimate of drug-likeness (QED) is 0.915. The molecule has 0 amide bonds. The molecular weight excluding hydrogens is 278 g/mol. The van der Waals surface area contributed by atoms with Gasteiger partial charge in [0.15, 0.2) is 0 Å². The van der Waals surface area contributed by atoms with Crippen LogP contribution >= 0.6 is 0 Å². The molecule has 0 spiro atoms. The van der Waals surface area contributed by atoms with Crippen molar-refractivity contribution in [2.45, 2.75) is 24.6 Å². The van der Waals surface area contributed by atoms with Crippen molar-refractivity contribution in [2.24, 2.45) is 0 Å². The molecule has 2 nitrogen and oxygen atoms in total. The normalized spacial score (nSPS) is 16.3. The second-order valence-electron chi connectivity index (χ2n) is 5.66. The Bertz CT molecular complexity index is 622. The number of hydrogen-bond donors (Lipinski definition) is 1. The van der Waals surface area contributed by atoms with E-state index < -0.39 is 10.8 Å². The molecule has 2 aromatic rings. The van der Waals surface area contributed by atoms with Crippen molar-refractivity contribution >= 4 is 10.8 Å². The van der Waals surface area contributed by atoms with Gasteiger partial charge in [-0.05, 0) is 35.2 Å². The van der Waals surface area contributed by atoms with Gasteiger partial charge in [-0.1, -0.05) is 55.5 Å². The van der Waals surface area contributed by atoms with E-state index in [1.165, 1.54) is 22.3 Å². The van der Waals surface area contributed by atoms with Crippen LogP contribution in [0.1, 0.15) is 30.5 Å². The Hall–Kier alpha value is -1.45. The van der Waals surface area contributed by atoms with Gasteiger partial charge in [-0.25, -0.2) is 0 Å². The molecule has 3 rings (SSSR count). The summed E-state index contributed by atoms with van der Waals surface area (Å²) in [7, 11) is -0.744. The zero-order valence-electron chi connectivity index (χ0n) is 12.5. The van der Waals surface area contributed by atoms with Crippen LogP contribution < -0.4 is 5.32 Å². The zero-order chi connectivity index (χ0) is 14.8. The Morgan fingerprint density at radius 1 is 1.05 bits per heavy atom. The predicted octanol–water partition coefficient (Wildman–Crippen LogP) is 3.50. The maximum atomic E-state index is 11.5. The van der Waals surface area contributed by atoms with Gasteiger partial charge in [-0.2, -0.15) is 0 Å². The molecule has 3 heteroatoms. The van der Waals surface area contributed by atoms with Gasteiger partial charge in [0, 0.05) is 22.3 Å². The molecular formula is C18H21NOS. The van der Waals surface area contributed by atoms with Gasteiger partial charge in [0.25, 0.3) is 0 Å². The van der Waals surface area contributed by atoms with E-state index in [1.54, 1.807) is 6.26 Å². The lowest BCUT2D eigenvalue weighted by Gasteiger charge is -2.17. The number of nitrogens with one attached hydrogen (secondary N) is 1. The van der Waals surface area contributed by atoms with Crippen LogP contribution in [0.15, 0.2) is 48.5 Å². The van der Waals surface area contributed by atoms with Crippen molar-refractivity contribution in [2.75, 3.05) is 12.8 Å². The van der Waals surface area contributed by atoms with Gasteiger partial charge < -0.3 is 5.32 Å². The van der Waals surface area contributed by atoms with Gasteiger partial charge in [-0.3, -0.25) is 4.21 Å². The molecule has 2 atom stereocenters. The first-order chi connectivity index (χ1) is 10.2. The molecule has 0 aliphatic heterocycles. The van der Waals surface area contributed by atoms with E-state index in [-0.39, 0.29) is 11.3 Å². The minimum atomic E-state index is -0.744. The topological polar surface area (TPSA) is 29.1 Å². The van der Waals surface area contributed by atoms with Crippen LogP contribution in [0.4, 0.5) is 0 Å². The van der Waals surface area contributed by atoms with E-state index >= 15 is 0 Å². The molecule has 2 aromatic carbocycles. The summed E-state index contributed by atoms with van der Waals surface area (Å²) in [5, 5.41) is 3.89. The molecule has 1 aliphatic carbocycles. The summed E-state index contributed by atoms with van der Waals surface area (Å²) < 4.78 is 11.5. The third-order valence-electron chi connectivity index (χ3n) is 4.30. The Morgan fingerprint density at radius 2 is 1.57 bits per heavy atom. The lowest BCUT2D eigenvalue weighted by Crippen LogP contribution is -2.25. The molecule has 0 radical (unpaired) electrons. The first kappa shape index (κ1) is 14.5. The van der Waals surface area contributed by atoms with E-state index in [1.807, 2.05) is 6.92 Å². The first-order valence-corrected chi connectivity index (χ1v) is 9.04. The molecule has 0 unspecified atom stereocenters. The van der Waals surface area contributed by atoms with Crippen molar-refractivity contribution in [1.29, 1.82) is 0 Å². The summed E-state index contributed by atoms with van der Waals surface area (Å²) >= 11 is 0. The molecule has 0 heterocycles. The molecule has 110 valence electrons. The second kappa shape index (κ2) is 6.12. The lowest BCUT2D eigenvalue weighted by atomic mass is 10.1. The largest absolute Gasteiger partial charge is 0.306 e. The van der Waals surface area contributed by atoms with Crippen molar-refractivity contribution in [3.8, 4) is 11.1 Å². The summed E-state index contributed by atoms with van der Waals surface area (Å²) in [5.74, 6) is 0. The van der Waals surface area contributed by atoms with Gasteiger partial charge in [-0.15, -0.1) is 0 Å². The van der Waals surface area contributed by atoms with Crippen molar-refractivity contribution in [3.05, 3.63) is 59.7 Å². The Kier molecular flexibility index (Phi) is 4.22. The highest BCUT2D eigenvalue weighted by molar-refractivity contribution is 7.84. The minimum absolute atomic E-state index is 0.240. The average molecular weight is 299 g/mol. The van der Waals surface area contributed by atoms with E-state index in [9.17, 15) is 4.21 Å². The zero-order valence-corrected chi connectivity index (χ0v) is 13.3. The van der Waals surface area contributed by atoms with E-state index in [0.717, 1.165) is 13.0 Å². The average Bonchev–Trinajstić information content (AvgIpc) is 2.82. The van der Waals surface area contributed by atoms with Gasteiger partial charge in [0.05, 0.1) is 6.04 Å². The van der Waals surface area contributed by atoms with E-state index in [2.05, 4.69) is 53.8 Å². The van der Waals surface area contributed by atoms with E-state index in [4.69, 9.17) is 0 Å². The molecule has 1 aliphatic rings. The standard InChI is InChI=1S/C18H21NOS/c1-13(21(2)20)11-12-19-18-16-9-5-3-7-14(16)15-8-4-6-10-17(15)18/h3-10,13,18-19H,11-12H2,1-2H3/t13-,21-/m1/s1. The van der Waals surface area contributed by atoms with Crippen LogP contribution in [0.25, 0.3) is 11.1 Å². The summed E-state index contributed by atoms with van der Waals surface area (Å²) in [6, 6.07) is 17.4. The molecule has 21 heavy (non-hydrogen) atoms. The molecule has 0 saturated heterocycles. The lowest BCUT2D eigenvalue weighted by molar-refractivity contribution is 0.584. The minimum Gasteiger partial charge on any atom is -0.306 e. The second-order valence-corrected chi connectivity index (χ2v) is 7.46. The van der Waals surface area contributed by atoms with Gasteiger partial charge in [0.2, 0.25) is 0 Å². The van der Waals surface area contributed by atoms with Crippen molar-refractivity contribution < 1.29 is 4.21 Å². The number of fused-ring (bicyclic) bond motifs is 3. The SMILES string of the molecule is C[C@H](CCNC1c2ccccc2-c2ccccc21)[S@@](C)=O. The maximum Gasteiger partial charge on any atom is 0.0588 e. The Labute approximate surface area is 129 Å². The molecule has 0 aromatic heterocycles. The fraction of sp³-hybridized carbons (Fsp3) is 0.333. The molecule has 0 bridgehead atoms. The molecule has 0 saturated carbocycles. The maximum absolute atomic E-state index is 11.5. The Morgan fingerprint density at radius 3 is 2.10 bits per heavy atom. The fourth-order valence-corrected chi connectivity index (χ4v) is 3.42. The number of hydrogen-bond acceptors (Lipinski definition) is 2. The summed E-state index contributed by atoms with van der Waals surface area (Å²) in [6.45, 7) is 2.93. The van der Waals surface area contributed by atoms with Crippen LogP contribution in [-0.2, 0) is 10.8 Å². The number of benzene rings is 2. The summed E-state index contributed by atoms with van der Waals surface area (Å²) in [6.07, 6.45) is 2.72. The first-order valence-electron chi connectivity index (χ1n) is 7.42. The van der Waals surface area contributed by atoms with Crippen LogP contribution in [0.3, 0.4) is 0 Å². The highest BCUT2D eigenvalue weighted by Crippen LogP contribution is 2.42. The fourth-order valence-electron chi connectivity index (χ4n) is 2.97. The van der Waals surface area contributed by atoms with Crippen molar-refractivity contribution in [3.63, 3.8) is 0 Å². The van der Waals surface area contributed by atoms with Gasteiger partial charge >= 0.3 is 0 Å².